The van der Waals surface area contributed by atoms with Crippen molar-refractivity contribution in [2.24, 2.45) is 5.92 Å². The molecule has 1 aliphatic heterocycles. The van der Waals surface area contributed by atoms with Gasteiger partial charge in [-0.05, 0) is 18.2 Å². The SMILES string of the molecule is CO[C@@H]1[C@H](O)[C@@H](C2CC2OP(O)(O)=S)O[C@H]1n1ccc(=O)[nH]c1=O. The molecule has 134 valence electrons. The first-order valence-electron chi connectivity index (χ1n) is 7.13. The molecule has 1 aromatic heterocycles. The molecule has 1 aliphatic carbocycles. The molecule has 0 aromatic carbocycles. The lowest BCUT2D eigenvalue weighted by atomic mass is 10.1. The Bertz CT molecular complexity index is 775. The van der Waals surface area contributed by atoms with E-state index in [1.54, 1.807) is 0 Å². The summed E-state index contributed by atoms with van der Waals surface area (Å²) in [4.78, 5) is 43.6. The summed E-state index contributed by atoms with van der Waals surface area (Å²) in [7, 11) is 1.37. The Morgan fingerprint density at radius 3 is 2.75 bits per heavy atom. The molecular formula is C12H17N2O8PS. The zero-order chi connectivity index (χ0) is 17.6. The predicted molar refractivity (Wildman–Crippen MR) is 83.7 cm³/mol. The third-order valence-electron chi connectivity index (χ3n) is 4.12. The number of aromatic nitrogens is 2. The fourth-order valence-electron chi connectivity index (χ4n) is 2.97. The number of nitrogens with one attached hydrogen (secondary N) is 1. The number of aliphatic hydroxyl groups is 1. The van der Waals surface area contributed by atoms with Gasteiger partial charge in [-0.3, -0.25) is 14.3 Å². The van der Waals surface area contributed by atoms with Crippen LogP contribution in [0, 0.1) is 5.92 Å². The first-order chi connectivity index (χ1) is 11.2. The minimum atomic E-state index is -3.80. The van der Waals surface area contributed by atoms with Gasteiger partial charge in [0.1, 0.15) is 12.2 Å². The van der Waals surface area contributed by atoms with Gasteiger partial charge in [0.2, 0.25) is 0 Å². The topological polar surface area (TPSA) is 143 Å². The van der Waals surface area contributed by atoms with Crippen molar-refractivity contribution < 1.29 is 28.9 Å². The van der Waals surface area contributed by atoms with E-state index in [0.717, 1.165) is 10.6 Å². The molecule has 1 aromatic rings. The van der Waals surface area contributed by atoms with E-state index in [1.165, 1.54) is 13.3 Å². The van der Waals surface area contributed by atoms with Crippen molar-refractivity contribution in [1.82, 2.24) is 9.55 Å². The third-order valence-corrected chi connectivity index (χ3v) is 4.93. The number of H-pyrrole nitrogens is 1. The molecule has 6 atom stereocenters. The summed E-state index contributed by atoms with van der Waals surface area (Å²) in [6.45, 7) is -3.80. The maximum atomic E-state index is 11.9. The lowest BCUT2D eigenvalue weighted by Crippen LogP contribution is -2.38. The van der Waals surface area contributed by atoms with E-state index in [4.69, 9.17) is 14.0 Å². The monoisotopic (exact) mass is 380 g/mol. The summed E-state index contributed by atoms with van der Waals surface area (Å²) in [6.07, 6.45) is -2.41. The maximum absolute atomic E-state index is 11.9. The average Bonchev–Trinajstić information content (AvgIpc) is 3.11. The highest BCUT2D eigenvalue weighted by Gasteiger charge is 2.57. The molecule has 24 heavy (non-hydrogen) atoms. The second-order valence-corrected chi connectivity index (χ2v) is 8.35. The summed E-state index contributed by atoms with van der Waals surface area (Å²) in [5.74, 6) is -0.303. The molecule has 0 radical (unpaired) electrons. The lowest BCUT2D eigenvalue weighted by Gasteiger charge is -2.20. The molecule has 10 nitrogen and oxygen atoms in total. The third kappa shape index (κ3) is 3.53. The highest BCUT2D eigenvalue weighted by molar-refractivity contribution is 8.06. The largest absolute Gasteiger partial charge is 0.387 e. The van der Waals surface area contributed by atoms with Crippen LogP contribution in [0.5, 0.6) is 0 Å². The quantitative estimate of drug-likeness (QED) is 0.445. The Hall–Kier alpha value is -0.910. The van der Waals surface area contributed by atoms with Crippen molar-refractivity contribution >= 4 is 18.5 Å². The van der Waals surface area contributed by atoms with E-state index in [1.807, 2.05) is 0 Å². The second kappa shape index (κ2) is 6.43. The van der Waals surface area contributed by atoms with Crippen LogP contribution in [0.3, 0.4) is 0 Å². The maximum Gasteiger partial charge on any atom is 0.330 e. The normalized spacial score (nSPS) is 36.0. The van der Waals surface area contributed by atoms with Crippen LogP contribution in [0.1, 0.15) is 12.6 Å². The number of methoxy groups -OCH3 is 1. The molecule has 2 aliphatic rings. The standard InChI is InChI=1S/C12H17N2O8PS/c1-20-10-8(16)9(5-4-6(5)22-23(18,19)24)21-11(10)14-3-2-7(15)13-12(14)17/h2-3,5-6,8-11,16H,4H2,1H3,(H,13,15,17)(H2,18,19,24)/t5?,6?,8-,9-,10-,11-/m1/s1. The molecule has 0 bridgehead atoms. The van der Waals surface area contributed by atoms with Crippen LogP contribution in [-0.4, -0.2) is 56.0 Å². The Morgan fingerprint density at radius 2 is 2.17 bits per heavy atom. The van der Waals surface area contributed by atoms with Gasteiger partial charge in [-0.25, -0.2) is 4.79 Å². The molecule has 12 heteroatoms. The van der Waals surface area contributed by atoms with Crippen LogP contribution in [0.4, 0.5) is 0 Å². The Balaban J connectivity index is 1.80. The molecule has 2 heterocycles. The molecule has 0 spiro atoms. The van der Waals surface area contributed by atoms with Gasteiger partial charge in [0.15, 0.2) is 6.23 Å². The van der Waals surface area contributed by atoms with Crippen molar-refractivity contribution in [3.63, 3.8) is 0 Å². The number of aliphatic hydroxyl groups excluding tert-OH is 1. The van der Waals surface area contributed by atoms with E-state index in [0.29, 0.717) is 6.42 Å². The first kappa shape index (κ1) is 17.9. The van der Waals surface area contributed by atoms with Crippen LogP contribution in [0.25, 0.3) is 0 Å². The number of hydrogen-bond acceptors (Lipinski definition) is 7. The van der Waals surface area contributed by atoms with Gasteiger partial charge in [0.25, 0.3) is 5.56 Å². The fourth-order valence-corrected chi connectivity index (χ4v) is 3.90. The summed E-state index contributed by atoms with van der Waals surface area (Å²) < 4.78 is 17.1. The number of aromatic amines is 1. The van der Waals surface area contributed by atoms with E-state index in [9.17, 15) is 24.5 Å². The lowest BCUT2D eigenvalue weighted by molar-refractivity contribution is -0.0591. The van der Waals surface area contributed by atoms with Crippen molar-refractivity contribution in [2.45, 2.75) is 37.1 Å². The van der Waals surface area contributed by atoms with Crippen LogP contribution in [0.15, 0.2) is 21.9 Å². The molecule has 3 rings (SSSR count). The zero-order valence-electron chi connectivity index (χ0n) is 12.5. The van der Waals surface area contributed by atoms with Crippen molar-refractivity contribution in [2.75, 3.05) is 7.11 Å². The van der Waals surface area contributed by atoms with Crippen molar-refractivity contribution in [3.05, 3.63) is 33.1 Å². The number of ether oxygens (including phenoxy) is 2. The van der Waals surface area contributed by atoms with Crippen molar-refractivity contribution in [3.8, 4) is 0 Å². The second-order valence-electron chi connectivity index (χ2n) is 5.73. The van der Waals surface area contributed by atoms with Gasteiger partial charge >= 0.3 is 12.4 Å². The summed E-state index contributed by atoms with van der Waals surface area (Å²) in [6, 6.07) is 1.16. The Labute approximate surface area is 140 Å². The van der Waals surface area contributed by atoms with Crippen LogP contribution >= 0.6 is 6.72 Å². The molecular weight excluding hydrogens is 363 g/mol. The molecule has 1 saturated carbocycles. The minimum Gasteiger partial charge on any atom is -0.387 e. The Morgan fingerprint density at radius 1 is 1.46 bits per heavy atom. The summed E-state index contributed by atoms with van der Waals surface area (Å²) in [5, 5.41) is 10.4. The summed E-state index contributed by atoms with van der Waals surface area (Å²) >= 11 is 4.43. The van der Waals surface area contributed by atoms with Crippen LogP contribution < -0.4 is 11.2 Å². The van der Waals surface area contributed by atoms with Gasteiger partial charge in [-0.15, -0.1) is 0 Å². The van der Waals surface area contributed by atoms with Crippen LogP contribution in [-0.2, 0) is 25.8 Å². The van der Waals surface area contributed by atoms with E-state index in [2.05, 4.69) is 16.8 Å². The highest BCUT2D eigenvalue weighted by Crippen LogP contribution is 2.52. The fraction of sp³-hybridized carbons (Fsp3) is 0.667. The Kier molecular flexibility index (Phi) is 4.80. The molecule has 2 fully saturated rings. The minimum absolute atomic E-state index is 0.303. The van der Waals surface area contributed by atoms with Gasteiger partial charge in [-0.2, -0.15) is 0 Å². The van der Waals surface area contributed by atoms with E-state index < -0.39 is 48.6 Å². The number of hydrogen-bond donors (Lipinski definition) is 4. The molecule has 0 amide bonds. The predicted octanol–water partition coefficient (Wildman–Crippen LogP) is -1.58. The molecule has 1 saturated heterocycles. The number of rotatable bonds is 5. The highest BCUT2D eigenvalue weighted by atomic mass is 32.5. The molecule has 4 N–H and O–H groups in total. The molecule has 2 unspecified atom stereocenters. The van der Waals surface area contributed by atoms with E-state index in [-0.39, 0.29) is 5.92 Å². The average molecular weight is 380 g/mol. The van der Waals surface area contributed by atoms with E-state index >= 15 is 0 Å². The van der Waals surface area contributed by atoms with Gasteiger partial charge in [-0.1, -0.05) is 0 Å². The van der Waals surface area contributed by atoms with Crippen molar-refractivity contribution in [1.29, 1.82) is 0 Å². The summed E-state index contributed by atoms with van der Waals surface area (Å²) in [5.41, 5.74) is -1.24. The first-order valence-corrected chi connectivity index (χ1v) is 9.75. The number of nitrogens with zero attached hydrogens (tertiary/aromatic N) is 1. The zero-order valence-corrected chi connectivity index (χ0v) is 14.2. The van der Waals surface area contributed by atoms with Gasteiger partial charge < -0.3 is 28.9 Å². The van der Waals surface area contributed by atoms with Gasteiger partial charge in [0, 0.05) is 25.3 Å². The van der Waals surface area contributed by atoms with Gasteiger partial charge in [0.05, 0.1) is 12.2 Å². The smallest absolute Gasteiger partial charge is 0.330 e. The van der Waals surface area contributed by atoms with Crippen LogP contribution in [0.2, 0.25) is 0 Å².